The second kappa shape index (κ2) is 10.9. The summed E-state index contributed by atoms with van der Waals surface area (Å²) in [4.78, 5) is 33.3. The number of carbonyl (C=O) groups is 1. The molecule has 3 N–H and O–H groups in total. The van der Waals surface area contributed by atoms with Crippen LogP contribution in [0.4, 0.5) is 15.8 Å². The Labute approximate surface area is 236 Å². The monoisotopic (exact) mass is 552 g/mol. The second-order valence-electron chi connectivity index (χ2n) is 9.96. The van der Waals surface area contributed by atoms with Crippen LogP contribution in [-0.2, 0) is 6.54 Å². The lowest BCUT2D eigenvalue weighted by atomic mass is 10.1. The third-order valence-electron chi connectivity index (χ3n) is 7.27. The van der Waals surface area contributed by atoms with Crippen molar-refractivity contribution in [3.63, 3.8) is 0 Å². The van der Waals surface area contributed by atoms with Gasteiger partial charge in [-0.1, -0.05) is 6.07 Å². The molecule has 41 heavy (non-hydrogen) atoms. The summed E-state index contributed by atoms with van der Waals surface area (Å²) in [6.07, 6.45) is 5.81. The number of hydrogen-bond donors (Lipinski definition) is 2. The van der Waals surface area contributed by atoms with E-state index in [4.69, 9.17) is 15.5 Å². The third-order valence-corrected chi connectivity index (χ3v) is 7.27. The molecule has 5 aromatic rings. The number of methoxy groups -OCH3 is 1. The molecule has 0 aliphatic carbocycles. The van der Waals surface area contributed by atoms with E-state index < -0.39 is 11.7 Å². The Kier molecular flexibility index (Phi) is 7.02. The number of nitrogens with zero attached hydrogens (tertiary/aromatic N) is 6. The molecule has 10 nitrogen and oxygen atoms in total. The van der Waals surface area contributed by atoms with E-state index in [1.165, 1.54) is 31.5 Å². The number of nitrogens with one attached hydrogen (secondary N) is 1. The third kappa shape index (κ3) is 5.07. The number of aromatic nitrogens is 5. The van der Waals surface area contributed by atoms with Crippen LogP contribution in [-0.4, -0.2) is 56.7 Å². The summed E-state index contributed by atoms with van der Waals surface area (Å²) in [5.74, 6) is 0.181. The topological polar surface area (TPSA) is 124 Å². The minimum absolute atomic E-state index is 0.0222. The van der Waals surface area contributed by atoms with E-state index in [0.29, 0.717) is 18.8 Å². The molecule has 0 radical (unpaired) electrons. The highest BCUT2D eigenvalue weighted by molar-refractivity contribution is 6.08. The van der Waals surface area contributed by atoms with Gasteiger partial charge in [0, 0.05) is 44.3 Å². The van der Waals surface area contributed by atoms with Crippen LogP contribution in [0.2, 0.25) is 0 Å². The number of hydrogen-bond acceptors (Lipinski definition) is 8. The number of amides is 1. The quantitative estimate of drug-likeness (QED) is 0.308. The molecule has 1 fully saturated rings. The summed E-state index contributed by atoms with van der Waals surface area (Å²) in [6.45, 7) is 3.99. The molecule has 0 bridgehead atoms. The average Bonchev–Trinajstić information content (AvgIpc) is 3.55. The zero-order chi connectivity index (χ0) is 28.5. The molecule has 1 atom stereocenters. The van der Waals surface area contributed by atoms with Gasteiger partial charge in [-0.25, -0.2) is 19.3 Å². The van der Waals surface area contributed by atoms with E-state index in [9.17, 15) is 9.18 Å². The van der Waals surface area contributed by atoms with E-state index in [1.807, 2.05) is 31.2 Å². The lowest BCUT2D eigenvalue weighted by Gasteiger charge is -2.22. The summed E-state index contributed by atoms with van der Waals surface area (Å²) < 4.78 is 22.1. The first-order chi connectivity index (χ1) is 19.9. The summed E-state index contributed by atoms with van der Waals surface area (Å²) in [5.41, 5.74) is 10.7. The van der Waals surface area contributed by atoms with Crippen LogP contribution in [0.5, 0.6) is 5.75 Å². The molecular weight excluding hydrogens is 523 g/mol. The number of imidazole rings is 1. The molecule has 11 heteroatoms. The molecule has 4 heterocycles. The number of carbonyl (C=O) groups excluding carboxylic acids is 1. The summed E-state index contributed by atoms with van der Waals surface area (Å²) in [7, 11) is 1.44. The largest absolute Gasteiger partial charge is 0.496 e. The zero-order valence-electron chi connectivity index (χ0n) is 22.7. The Morgan fingerprint density at radius 1 is 1.12 bits per heavy atom. The maximum atomic E-state index is 14.7. The number of fused-ring (bicyclic) bond motifs is 1. The fourth-order valence-corrected chi connectivity index (χ4v) is 5.26. The number of pyridine rings is 1. The molecule has 6 rings (SSSR count). The van der Waals surface area contributed by atoms with Crippen molar-refractivity contribution in [1.82, 2.24) is 24.5 Å². The predicted molar refractivity (Wildman–Crippen MR) is 155 cm³/mol. The molecule has 1 amide bonds. The molecular formula is C30H29FN8O2. The van der Waals surface area contributed by atoms with Crippen LogP contribution in [0.15, 0.2) is 67.1 Å². The molecule has 3 aromatic heterocycles. The van der Waals surface area contributed by atoms with E-state index in [1.54, 1.807) is 18.5 Å². The maximum Gasteiger partial charge on any atom is 0.274 e. The van der Waals surface area contributed by atoms with Gasteiger partial charge in [-0.2, -0.15) is 0 Å². The van der Waals surface area contributed by atoms with Gasteiger partial charge in [-0.3, -0.25) is 9.78 Å². The maximum absolute atomic E-state index is 14.7. The van der Waals surface area contributed by atoms with Crippen molar-refractivity contribution in [1.29, 1.82) is 0 Å². The Balaban J connectivity index is 1.38. The minimum Gasteiger partial charge on any atom is -0.496 e. The molecule has 1 aliphatic rings. The van der Waals surface area contributed by atoms with Crippen molar-refractivity contribution in [2.24, 2.45) is 5.73 Å². The van der Waals surface area contributed by atoms with Gasteiger partial charge >= 0.3 is 0 Å². The van der Waals surface area contributed by atoms with Crippen LogP contribution in [0.1, 0.15) is 28.3 Å². The van der Waals surface area contributed by atoms with Gasteiger partial charge in [-0.05, 0) is 61.4 Å². The Bertz CT molecular complexity index is 1740. The van der Waals surface area contributed by atoms with Crippen LogP contribution in [0, 0.1) is 12.7 Å². The van der Waals surface area contributed by atoms with Crippen LogP contribution >= 0.6 is 0 Å². The first kappa shape index (κ1) is 26.3. The van der Waals surface area contributed by atoms with Crippen molar-refractivity contribution in [3.05, 3.63) is 90.0 Å². The van der Waals surface area contributed by atoms with Crippen LogP contribution < -0.4 is 20.7 Å². The average molecular weight is 553 g/mol. The van der Waals surface area contributed by atoms with Gasteiger partial charge < -0.3 is 25.3 Å². The van der Waals surface area contributed by atoms with Gasteiger partial charge in [-0.15, -0.1) is 0 Å². The SMILES string of the molecule is COc1cccc(F)c1-c1nccc(C(=O)Nc2ccc3c(nc(C)n3Cc3ccncc3)c2N2CCC(N)C2)n1. The van der Waals surface area contributed by atoms with E-state index >= 15 is 0 Å². The highest BCUT2D eigenvalue weighted by Crippen LogP contribution is 2.37. The zero-order valence-corrected chi connectivity index (χ0v) is 22.7. The Morgan fingerprint density at radius 2 is 1.95 bits per heavy atom. The molecule has 0 saturated carbocycles. The minimum atomic E-state index is -0.544. The van der Waals surface area contributed by atoms with E-state index in [-0.39, 0.29) is 28.9 Å². The second-order valence-corrected chi connectivity index (χ2v) is 9.96. The van der Waals surface area contributed by atoms with E-state index in [2.05, 4.69) is 29.7 Å². The summed E-state index contributed by atoms with van der Waals surface area (Å²) in [5, 5.41) is 3.02. The molecule has 1 saturated heterocycles. The Morgan fingerprint density at radius 3 is 2.71 bits per heavy atom. The van der Waals surface area contributed by atoms with Gasteiger partial charge in [0.15, 0.2) is 5.82 Å². The molecule has 1 aliphatic heterocycles. The fourth-order valence-electron chi connectivity index (χ4n) is 5.26. The Hall–Kier alpha value is -4.90. The number of nitrogens with two attached hydrogens (primary N) is 1. The lowest BCUT2D eigenvalue weighted by Crippen LogP contribution is -2.27. The normalized spacial score (nSPS) is 14.9. The van der Waals surface area contributed by atoms with E-state index in [0.717, 1.165) is 41.1 Å². The van der Waals surface area contributed by atoms with Gasteiger partial charge in [0.2, 0.25) is 0 Å². The van der Waals surface area contributed by atoms with Crippen LogP contribution in [0.25, 0.3) is 22.4 Å². The van der Waals surface area contributed by atoms with Gasteiger partial charge in [0.05, 0.1) is 29.6 Å². The fraction of sp³-hybridized carbons (Fsp3) is 0.233. The summed E-state index contributed by atoms with van der Waals surface area (Å²) in [6, 6.07) is 13.8. The lowest BCUT2D eigenvalue weighted by molar-refractivity contribution is 0.102. The van der Waals surface area contributed by atoms with Crippen molar-refractivity contribution in [2.75, 3.05) is 30.4 Å². The van der Waals surface area contributed by atoms with Gasteiger partial charge in [0.25, 0.3) is 5.91 Å². The van der Waals surface area contributed by atoms with Crippen molar-refractivity contribution in [2.45, 2.75) is 25.9 Å². The molecule has 208 valence electrons. The summed E-state index contributed by atoms with van der Waals surface area (Å²) >= 11 is 0. The van der Waals surface area contributed by atoms with Crippen molar-refractivity contribution in [3.8, 4) is 17.1 Å². The first-order valence-corrected chi connectivity index (χ1v) is 13.3. The molecule has 2 aromatic carbocycles. The molecule has 1 unspecified atom stereocenters. The standard InChI is InChI=1S/C30H29FN8O2/c1-18-35-27-24(39(18)16-19-8-12-33-13-9-19)7-6-22(28(27)38-15-11-20(32)17-38)37-30(40)23-10-14-34-29(36-23)26-21(31)4-3-5-25(26)41-2/h3-10,12-14,20H,11,15-17,32H2,1-2H3,(H,37,40). The van der Waals surface area contributed by atoms with Crippen molar-refractivity contribution < 1.29 is 13.9 Å². The number of rotatable bonds is 7. The van der Waals surface area contributed by atoms with Crippen LogP contribution in [0.3, 0.4) is 0 Å². The predicted octanol–water partition coefficient (Wildman–Crippen LogP) is 4.18. The van der Waals surface area contributed by atoms with Gasteiger partial charge in [0.1, 0.15) is 28.6 Å². The number of anilines is 2. The van der Waals surface area contributed by atoms with Crippen molar-refractivity contribution >= 4 is 28.3 Å². The number of ether oxygens (including phenoxy) is 1. The first-order valence-electron chi connectivity index (χ1n) is 13.3. The highest BCUT2D eigenvalue weighted by atomic mass is 19.1. The molecule has 0 spiro atoms. The number of halogens is 1. The number of benzene rings is 2. The smallest absolute Gasteiger partial charge is 0.274 e. The number of aryl methyl sites for hydroxylation is 1. The highest BCUT2D eigenvalue weighted by Gasteiger charge is 2.27.